The molecule has 0 radical (unpaired) electrons. The van der Waals surface area contributed by atoms with Gasteiger partial charge in [-0.25, -0.2) is 0 Å². The molecule has 15 heavy (non-hydrogen) atoms. The zero-order valence-corrected chi connectivity index (χ0v) is 9.08. The molecule has 0 saturated carbocycles. The number of aromatic nitrogens is 1. The van der Waals surface area contributed by atoms with E-state index in [1.165, 1.54) is 0 Å². The third kappa shape index (κ3) is 2.33. The van der Waals surface area contributed by atoms with Crippen molar-refractivity contribution in [1.29, 1.82) is 0 Å². The van der Waals surface area contributed by atoms with E-state index < -0.39 is 0 Å². The molecule has 0 atom stereocenters. The third-order valence-corrected chi connectivity index (χ3v) is 2.29. The van der Waals surface area contributed by atoms with Crippen molar-refractivity contribution in [2.24, 2.45) is 0 Å². The number of nitrogen functional groups attached to an aromatic ring is 1. The fourth-order valence-electron chi connectivity index (χ4n) is 1.36. The molecule has 0 amide bonds. The Morgan fingerprint density at radius 2 is 2.33 bits per heavy atom. The van der Waals surface area contributed by atoms with E-state index in [1.807, 2.05) is 24.3 Å². The van der Waals surface area contributed by atoms with Crippen LogP contribution in [0.25, 0.3) is 17.2 Å². The molecule has 78 valence electrons. The molecule has 0 aliphatic carbocycles. The van der Waals surface area contributed by atoms with Crippen molar-refractivity contribution >= 4 is 35.8 Å². The molecular formula is C11H12N2OS. The largest absolute Gasteiger partial charge is 0.424 e. The van der Waals surface area contributed by atoms with Crippen LogP contribution in [0.1, 0.15) is 12.0 Å². The van der Waals surface area contributed by atoms with E-state index in [9.17, 15) is 0 Å². The first-order valence-electron chi connectivity index (χ1n) is 4.73. The molecule has 2 N–H and O–H groups in total. The summed E-state index contributed by atoms with van der Waals surface area (Å²) >= 11 is 4.13. The number of hydrogen-bond donors (Lipinski definition) is 2. The van der Waals surface area contributed by atoms with E-state index in [0.717, 1.165) is 28.8 Å². The highest BCUT2D eigenvalue weighted by Gasteiger charge is 2.01. The first kappa shape index (κ1) is 10.1. The zero-order chi connectivity index (χ0) is 10.7. The second-order valence-corrected chi connectivity index (χ2v) is 3.64. The molecule has 0 saturated heterocycles. The molecule has 0 fully saturated rings. The Bertz CT molecular complexity index is 490. The van der Waals surface area contributed by atoms with Crippen LogP contribution >= 0.6 is 12.6 Å². The summed E-state index contributed by atoms with van der Waals surface area (Å²) in [5.41, 5.74) is 8.06. The van der Waals surface area contributed by atoms with Gasteiger partial charge in [0.2, 0.25) is 0 Å². The van der Waals surface area contributed by atoms with Gasteiger partial charge in [0.15, 0.2) is 5.58 Å². The zero-order valence-electron chi connectivity index (χ0n) is 8.18. The van der Waals surface area contributed by atoms with E-state index >= 15 is 0 Å². The van der Waals surface area contributed by atoms with Crippen LogP contribution in [0.2, 0.25) is 0 Å². The van der Waals surface area contributed by atoms with E-state index in [2.05, 4.69) is 23.7 Å². The van der Waals surface area contributed by atoms with Crippen molar-refractivity contribution in [3.05, 3.63) is 29.8 Å². The van der Waals surface area contributed by atoms with E-state index in [4.69, 9.17) is 10.2 Å². The lowest BCUT2D eigenvalue weighted by Gasteiger charge is -1.91. The Kier molecular flexibility index (Phi) is 2.97. The number of hydrogen-bond acceptors (Lipinski definition) is 4. The van der Waals surface area contributed by atoms with Crippen molar-refractivity contribution < 1.29 is 4.42 Å². The summed E-state index contributed by atoms with van der Waals surface area (Å²) < 4.78 is 5.18. The average Bonchev–Trinajstić information content (AvgIpc) is 2.57. The maximum absolute atomic E-state index is 5.46. The Labute approximate surface area is 93.4 Å². The number of nitrogens with zero attached hydrogens (tertiary/aromatic N) is 1. The van der Waals surface area contributed by atoms with Gasteiger partial charge in [-0.3, -0.25) is 0 Å². The Morgan fingerprint density at radius 1 is 1.47 bits per heavy atom. The minimum atomic E-state index is 0.210. The van der Waals surface area contributed by atoms with Gasteiger partial charge in [-0.05, 0) is 29.9 Å². The maximum Gasteiger partial charge on any atom is 0.292 e. The minimum absolute atomic E-state index is 0.210. The van der Waals surface area contributed by atoms with Gasteiger partial charge >= 0.3 is 0 Å². The van der Waals surface area contributed by atoms with Crippen LogP contribution in [0.3, 0.4) is 0 Å². The average molecular weight is 220 g/mol. The Hall–Kier alpha value is -1.42. The van der Waals surface area contributed by atoms with E-state index in [-0.39, 0.29) is 6.01 Å². The topological polar surface area (TPSA) is 52.0 Å². The molecule has 2 aromatic rings. The van der Waals surface area contributed by atoms with Gasteiger partial charge in [-0.1, -0.05) is 18.2 Å². The fraction of sp³-hybridized carbons (Fsp3) is 0.182. The number of nitrogens with two attached hydrogens (primary N) is 1. The molecule has 0 aliphatic heterocycles. The standard InChI is InChI=1S/C11H12N2OS/c12-11-13-9-7-8(3-1-2-6-15)4-5-10(9)14-11/h1,3-5,7,15H,2,6H2,(H2,12,13). The normalized spacial score (nSPS) is 11.5. The lowest BCUT2D eigenvalue weighted by molar-refractivity contribution is 0.626. The molecule has 0 bridgehead atoms. The minimum Gasteiger partial charge on any atom is -0.424 e. The summed E-state index contributed by atoms with van der Waals surface area (Å²) in [4.78, 5) is 4.06. The molecule has 0 unspecified atom stereocenters. The lowest BCUT2D eigenvalue weighted by Crippen LogP contribution is -1.80. The van der Waals surface area contributed by atoms with E-state index in [0.29, 0.717) is 0 Å². The predicted molar refractivity (Wildman–Crippen MR) is 65.9 cm³/mol. The van der Waals surface area contributed by atoms with Crippen molar-refractivity contribution in [3.63, 3.8) is 0 Å². The van der Waals surface area contributed by atoms with Gasteiger partial charge in [0.1, 0.15) is 5.52 Å². The maximum atomic E-state index is 5.46. The second-order valence-electron chi connectivity index (χ2n) is 3.19. The van der Waals surface area contributed by atoms with Gasteiger partial charge < -0.3 is 10.2 Å². The summed E-state index contributed by atoms with van der Waals surface area (Å²) in [6.45, 7) is 0. The number of anilines is 1. The number of benzene rings is 1. The molecular weight excluding hydrogens is 208 g/mol. The second kappa shape index (κ2) is 4.40. The first-order valence-corrected chi connectivity index (χ1v) is 5.36. The highest BCUT2D eigenvalue weighted by molar-refractivity contribution is 7.80. The summed E-state index contributed by atoms with van der Waals surface area (Å²) in [6.07, 6.45) is 5.08. The van der Waals surface area contributed by atoms with Gasteiger partial charge in [0, 0.05) is 0 Å². The lowest BCUT2D eigenvalue weighted by atomic mass is 10.2. The quantitative estimate of drug-likeness (QED) is 0.782. The van der Waals surface area contributed by atoms with Crippen LogP contribution in [-0.2, 0) is 0 Å². The predicted octanol–water partition coefficient (Wildman–Crippen LogP) is 2.74. The summed E-state index contributed by atoms with van der Waals surface area (Å²) in [5, 5.41) is 0. The highest BCUT2D eigenvalue weighted by Crippen LogP contribution is 2.18. The first-order chi connectivity index (χ1) is 7.29. The summed E-state index contributed by atoms with van der Waals surface area (Å²) in [6, 6.07) is 6.01. The van der Waals surface area contributed by atoms with Gasteiger partial charge in [0.05, 0.1) is 0 Å². The molecule has 1 aromatic carbocycles. The molecule has 2 rings (SSSR count). The van der Waals surface area contributed by atoms with Crippen LogP contribution in [0.15, 0.2) is 28.7 Å². The van der Waals surface area contributed by atoms with Crippen molar-refractivity contribution in [1.82, 2.24) is 4.98 Å². The Balaban J connectivity index is 2.30. The SMILES string of the molecule is Nc1nc2cc(C=CCCS)ccc2o1. The highest BCUT2D eigenvalue weighted by atomic mass is 32.1. The number of allylic oxidation sites excluding steroid dienone is 1. The number of thiol groups is 1. The van der Waals surface area contributed by atoms with Crippen LogP contribution in [0.5, 0.6) is 0 Å². The number of oxazole rings is 1. The monoisotopic (exact) mass is 220 g/mol. The van der Waals surface area contributed by atoms with Crippen molar-refractivity contribution in [2.75, 3.05) is 11.5 Å². The van der Waals surface area contributed by atoms with Crippen LogP contribution < -0.4 is 5.73 Å². The molecule has 1 heterocycles. The third-order valence-electron chi connectivity index (χ3n) is 2.03. The van der Waals surface area contributed by atoms with Crippen molar-refractivity contribution in [2.45, 2.75) is 6.42 Å². The van der Waals surface area contributed by atoms with E-state index in [1.54, 1.807) is 0 Å². The Morgan fingerprint density at radius 3 is 3.13 bits per heavy atom. The van der Waals surface area contributed by atoms with Crippen molar-refractivity contribution in [3.8, 4) is 0 Å². The van der Waals surface area contributed by atoms with Crippen LogP contribution in [-0.4, -0.2) is 10.7 Å². The molecule has 4 heteroatoms. The number of rotatable bonds is 3. The van der Waals surface area contributed by atoms with Gasteiger partial charge in [-0.2, -0.15) is 17.6 Å². The summed E-state index contributed by atoms with van der Waals surface area (Å²) in [5.74, 6) is 0.857. The molecule has 0 spiro atoms. The fourth-order valence-corrected chi connectivity index (χ4v) is 1.51. The molecule has 0 aliphatic rings. The van der Waals surface area contributed by atoms with Crippen LogP contribution in [0.4, 0.5) is 6.01 Å². The smallest absolute Gasteiger partial charge is 0.292 e. The number of fused-ring (bicyclic) bond motifs is 1. The van der Waals surface area contributed by atoms with Gasteiger partial charge in [-0.15, -0.1) is 0 Å². The van der Waals surface area contributed by atoms with Gasteiger partial charge in [0.25, 0.3) is 6.01 Å². The molecule has 1 aromatic heterocycles. The van der Waals surface area contributed by atoms with Crippen LogP contribution in [0, 0.1) is 0 Å². The summed E-state index contributed by atoms with van der Waals surface area (Å²) in [7, 11) is 0. The molecule has 3 nitrogen and oxygen atoms in total.